The second-order valence-corrected chi connectivity index (χ2v) is 24.8. The molecule has 0 spiro atoms. The third-order valence-corrected chi connectivity index (χ3v) is 21.1. The van der Waals surface area contributed by atoms with Crippen molar-refractivity contribution in [3.63, 3.8) is 0 Å². The van der Waals surface area contributed by atoms with Crippen LogP contribution in [0.25, 0.3) is 48.8 Å². The van der Waals surface area contributed by atoms with Crippen molar-refractivity contribution in [2.45, 2.75) is 126 Å². The van der Waals surface area contributed by atoms with Gasteiger partial charge < -0.3 is 0 Å². The van der Waals surface area contributed by atoms with Crippen molar-refractivity contribution in [3.8, 4) is 48.8 Å². The lowest BCUT2D eigenvalue weighted by atomic mass is 10.1. The third kappa shape index (κ3) is 11.6. The first-order chi connectivity index (χ1) is 27.2. The van der Waals surface area contributed by atoms with Gasteiger partial charge in [-0.1, -0.05) is 116 Å². The average Bonchev–Trinajstić information content (AvgIpc) is 4.03. The van der Waals surface area contributed by atoms with Gasteiger partial charge in [0, 0.05) is 39.0 Å². The molecule has 0 fully saturated rings. The van der Waals surface area contributed by atoms with Crippen LogP contribution in [-0.2, 0) is 19.7 Å². The van der Waals surface area contributed by atoms with Gasteiger partial charge in [-0.2, -0.15) is 0 Å². The molecule has 0 amide bonds. The predicted molar refractivity (Wildman–Crippen MR) is 250 cm³/mol. The van der Waals surface area contributed by atoms with Crippen LogP contribution in [0.4, 0.5) is 0 Å². The van der Waals surface area contributed by atoms with E-state index < -0.39 is 19.7 Å². The first-order valence-corrected chi connectivity index (χ1v) is 28.5. The maximum Gasteiger partial charge on any atom is 0.179 e. The number of hydrogen-bond acceptors (Lipinski definition) is 10. The Morgan fingerprint density at radius 3 is 1.11 bits per heavy atom. The molecule has 0 bridgehead atoms. The maximum atomic E-state index is 14.2. The molecule has 6 aromatic heterocycles. The van der Waals surface area contributed by atoms with Crippen molar-refractivity contribution in [3.05, 3.63) is 71.4 Å². The van der Waals surface area contributed by atoms with Crippen molar-refractivity contribution < 1.29 is 16.8 Å². The van der Waals surface area contributed by atoms with Gasteiger partial charge in [0.2, 0.25) is 0 Å². The predicted octanol–water partition coefficient (Wildman–Crippen LogP) is 16.2. The molecule has 0 aliphatic carbocycles. The van der Waals surface area contributed by atoms with Crippen LogP contribution in [0.1, 0.15) is 117 Å². The molecule has 56 heavy (non-hydrogen) atoms. The van der Waals surface area contributed by atoms with E-state index in [1.165, 1.54) is 74.0 Å². The van der Waals surface area contributed by atoms with Crippen LogP contribution in [0.3, 0.4) is 0 Å². The zero-order chi connectivity index (χ0) is 39.4. The maximum absolute atomic E-state index is 14.2. The van der Waals surface area contributed by atoms with Gasteiger partial charge in [-0.15, -0.1) is 68.0 Å². The number of sulfone groups is 2. The molecule has 0 radical (unpaired) electrons. The lowest BCUT2D eigenvalue weighted by Gasteiger charge is -2.05. The zero-order valence-corrected chi connectivity index (χ0v) is 39.1. The van der Waals surface area contributed by atoms with Crippen molar-refractivity contribution in [1.29, 1.82) is 0 Å². The van der Waals surface area contributed by atoms with Crippen molar-refractivity contribution in [2.24, 2.45) is 0 Å². The Labute approximate surface area is 359 Å². The molecular formula is C44H54O4S8. The van der Waals surface area contributed by atoms with E-state index in [4.69, 9.17) is 0 Å². The minimum atomic E-state index is -3.59. The Morgan fingerprint density at radius 1 is 0.393 bits per heavy atom. The Morgan fingerprint density at radius 2 is 0.750 bits per heavy atom. The van der Waals surface area contributed by atoms with Crippen molar-refractivity contribution in [2.75, 3.05) is 11.5 Å². The molecule has 4 nitrogen and oxygen atoms in total. The number of unbranched alkanes of at least 4 members (excludes halogenated alkanes) is 14. The summed E-state index contributed by atoms with van der Waals surface area (Å²) in [7, 11) is -7.19. The van der Waals surface area contributed by atoms with E-state index in [0.717, 1.165) is 87.3 Å². The number of rotatable bonds is 25. The van der Waals surface area contributed by atoms with Gasteiger partial charge in [-0.25, -0.2) is 16.8 Å². The molecule has 6 heterocycles. The minimum absolute atomic E-state index is 0.114. The van der Waals surface area contributed by atoms with Gasteiger partial charge in [0.15, 0.2) is 19.7 Å². The topological polar surface area (TPSA) is 68.3 Å². The van der Waals surface area contributed by atoms with Gasteiger partial charge in [-0.3, -0.25) is 0 Å². The first-order valence-electron chi connectivity index (χ1n) is 20.2. The Balaban J connectivity index is 1.31. The number of hydrogen-bond donors (Lipinski definition) is 0. The molecule has 6 aromatic rings. The highest BCUT2D eigenvalue weighted by atomic mass is 32.2. The molecule has 0 saturated heterocycles. The summed E-state index contributed by atoms with van der Waals surface area (Å²) in [6.45, 7) is 4.44. The Bertz CT molecular complexity index is 2120. The van der Waals surface area contributed by atoms with Crippen LogP contribution in [0, 0.1) is 0 Å². The smallest absolute Gasteiger partial charge is 0.179 e. The normalized spacial score (nSPS) is 12.2. The lowest BCUT2D eigenvalue weighted by Crippen LogP contribution is -2.07. The molecule has 12 heteroatoms. The highest BCUT2D eigenvalue weighted by Gasteiger charge is 2.29. The molecule has 0 aliphatic heterocycles. The third-order valence-electron chi connectivity index (χ3n) is 10.0. The van der Waals surface area contributed by atoms with Crippen LogP contribution in [0.2, 0.25) is 0 Å². The minimum Gasteiger partial charge on any atom is -0.224 e. The lowest BCUT2D eigenvalue weighted by molar-refractivity contribution is 0.572. The molecule has 302 valence electrons. The fraction of sp³-hybridized carbons (Fsp3) is 0.455. The van der Waals surface area contributed by atoms with E-state index in [2.05, 4.69) is 48.9 Å². The Hall–Kier alpha value is -1.90. The van der Waals surface area contributed by atoms with E-state index in [9.17, 15) is 16.8 Å². The van der Waals surface area contributed by atoms with E-state index in [1.54, 1.807) is 45.3 Å². The van der Waals surface area contributed by atoms with E-state index in [-0.39, 0.29) is 11.5 Å². The number of thiophene rings is 6. The Kier molecular flexibility index (Phi) is 16.7. The molecule has 0 aromatic carbocycles. The van der Waals surface area contributed by atoms with Crippen LogP contribution in [-0.4, -0.2) is 28.3 Å². The van der Waals surface area contributed by atoms with Gasteiger partial charge in [0.1, 0.15) is 0 Å². The summed E-state index contributed by atoms with van der Waals surface area (Å²) in [4.78, 5) is 10.3. The summed E-state index contributed by atoms with van der Waals surface area (Å²) in [5, 5.41) is 4.12. The second kappa shape index (κ2) is 21.4. The highest BCUT2D eigenvalue weighted by Crippen LogP contribution is 2.50. The highest BCUT2D eigenvalue weighted by molar-refractivity contribution is 7.92. The molecule has 0 unspecified atom stereocenters. The largest absolute Gasteiger partial charge is 0.224 e. The fourth-order valence-electron chi connectivity index (χ4n) is 6.89. The first kappa shape index (κ1) is 43.7. The summed E-state index contributed by atoms with van der Waals surface area (Å²) >= 11 is 9.55. The molecular weight excluding hydrogens is 849 g/mol. The summed E-state index contributed by atoms with van der Waals surface area (Å²) in [5.74, 6) is 0.228. The van der Waals surface area contributed by atoms with Crippen molar-refractivity contribution in [1.82, 2.24) is 0 Å². The van der Waals surface area contributed by atoms with Crippen LogP contribution in [0.15, 0.2) is 81.2 Å². The second-order valence-electron chi connectivity index (χ2n) is 14.5. The molecule has 0 saturated carbocycles. The summed E-state index contributed by atoms with van der Waals surface area (Å²) in [5.41, 5.74) is 0. The summed E-state index contributed by atoms with van der Waals surface area (Å²) in [6.07, 6.45) is 17.4. The van der Waals surface area contributed by atoms with Crippen molar-refractivity contribution >= 4 is 87.7 Å². The molecule has 6 rings (SSSR count). The van der Waals surface area contributed by atoms with Crippen LogP contribution >= 0.6 is 68.0 Å². The monoisotopic (exact) mass is 902 g/mol. The van der Waals surface area contributed by atoms with Gasteiger partial charge >= 0.3 is 0 Å². The molecule has 0 atom stereocenters. The molecule has 0 aliphatic rings. The standard InChI is InChI=1S/C44H54O4S8/c1-3-5-7-9-11-13-15-17-29-55(45,46)41-31-39(53-43(41)37-25-23-35(51-37)33-21-19-27-49-33)40-32-42(56(47,48)30-18-16-14-12-10-8-6-4-2)44(54-40)38-26-24-36(52-38)34-22-20-28-50-34/h19-28,31-32H,3-18,29-30H2,1-2H3. The van der Waals surface area contributed by atoms with Crippen LogP contribution in [0.5, 0.6) is 0 Å². The van der Waals surface area contributed by atoms with E-state index in [1.807, 2.05) is 36.4 Å². The summed E-state index contributed by atoms with van der Waals surface area (Å²) in [6, 6.07) is 20.2. The fourth-order valence-corrected chi connectivity index (χ4v) is 17.3. The van der Waals surface area contributed by atoms with Gasteiger partial charge in [0.25, 0.3) is 0 Å². The quantitative estimate of drug-likeness (QED) is 0.0537. The van der Waals surface area contributed by atoms with E-state index in [0.29, 0.717) is 22.6 Å². The van der Waals surface area contributed by atoms with Gasteiger partial charge in [0.05, 0.1) is 31.1 Å². The van der Waals surface area contributed by atoms with E-state index >= 15 is 0 Å². The summed E-state index contributed by atoms with van der Waals surface area (Å²) < 4.78 is 56.9. The average molecular weight is 903 g/mol. The zero-order valence-electron chi connectivity index (χ0n) is 32.6. The molecule has 0 N–H and O–H groups in total. The van der Waals surface area contributed by atoms with Crippen LogP contribution < -0.4 is 0 Å². The van der Waals surface area contributed by atoms with Gasteiger partial charge in [-0.05, 0) is 72.1 Å². The SMILES string of the molecule is CCCCCCCCCCS(=O)(=O)c1cc(-c2cc(S(=O)(=O)CCCCCCCCCC)c(-c3ccc(-c4cccs4)s3)s2)sc1-c1ccc(-c2cccs2)s1.